The molecule has 1 saturated carbocycles. The number of hydrogen-bond acceptors (Lipinski definition) is 3. The highest BCUT2D eigenvalue weighted by atomic mass is 32.2. The smallest absolute Gasteiger partial charge is 0.264 e. The monoisotopic (exact) mass is 434 g/mol. The zero-order valence-electron chi connectivity index (χ0n) is 18.6. The van der Waals surface area contributed by atoms with Gasteiger partial charge >= 0.3 is 0 Å². The van der Waals surface area contributed by atoms with Crippen LogP contribution >= 0.6 is 11.8 Å². The van der Waals surface area contributed by atoms with Crippen LogP contribution in [0.3, 0.4) is 0 Å². The predicted octanol–water partition coefficient (Wildman–Crippen LogP) is 5.66. The highest BCUT2D eigenvalue weighted by Crippen LogP contribution is 2.42. The molecule has 4 nitrogen and oxygen atoms in total. The van der Waals surface area contributed by atoms with Crippen LogP contribution in [0.25, 0.3) is 6.08 Å². The molecular formula is C26H30N2O2S. The molecule has 0 saturated heterocycles. The molecule has 2 aliphatic rings. The van der Waals surface area contributed by atoms with Crippen molar-refractivity contribution in [2.75, 3.05) is 11.9 Å². The van der Waals surface area contributed by atoms with Crippen LogP contribution < -0.4 is 10.2 Å². The van der Waals surface area contributed by atoms with Gasteiger partial charge in [0.2, 0.25) is 0 Å². The molecule has 2 aromatic carbocycles. The van der Waals surface area contributed by atoms with Gasteiger partial charge in [-0.15, -0.1) is 0 Å². The van der Waals surface area contributed by atoms with Crippen molar-refractivity contribution >= 4 is 35.3 Å². The van der Waals surface area contributed by atoms with Crippen LogP contribution in [0.1, 0.15) is 54.6 Å². The van der Waals surface area contributed by atoms with Gasteiger partial charge in [0.25, 0.3) is 11.8 Å². The normalized spacial score (nSPS) is 24.8. The first-order valence-corrected chi connectivity index (χ1v) is 11.8. The van der Waals surface area contributed by atoms with Crippen LogP contribution in [0, 0.1) is 18.8 Å². The van der Waals surface area contributed by atoms with Gasteiger partial charge < -0.3 is 10.2 Å². The fourth-order valence-electron chi connectivity index (χ4n) is 4.48. The van der Waals surface area contributed by atoms with Gasteiger partial charge in [0.15, 0.2) is 0 Å². The minimum absolute atomic E-state index is 0.0497. The SMILES string of the molecule is Cc1cccc(C=C2Sc3ccc(C(=O)NC4CCCC(C)C4C)cc3N(C)C2=O)c1. The van der Waals surface area contributed by atoms with Crippen molar-refractivity contribution in [2.45, 2.75) is 51.0 Å². The average Bonchev–Trinajstić information content (AvgIpc) is 2.75. The van der Waals surface area contributed by atoms with E-state index in [0.29, 0.717) is 22.3 Å². The second kappa shape index (κ2) is 8.91. The minimum atomic E-state index is -0.0549. The van der Waals surface area contributed by atoms with Crippen molar-refractivity contribution in [3.8, 4) is 0 Å². The summed E-state index contributed by atoms with van der Waals surface area (Å²) in [6.45, 7) is 6.54. The zero-order valence-corrected chi connectivity index (χ0v) is 19.5. The Morgan fingerprint density at radius 1 is 1.16 bits per heavy atom. The summed E-state index contributed by atoms with van der Waals surface area (Å²) in [6, 6.07) is 14.0. The van der Waals surface area contributed by atoms with Gasteiger partial charge in [0.1, 0.15) is 0 Å². The van der Waals surface area contributed by atoms with Gasteiger partial charge in [-0.05, 0) is 55.0 Å². The van der Waals surface area contributed by atoms with E-state index >= 15 is 0 Å². The third-order valence-electron chi connectivity index (χ3n) is 6.68. The van der Waals surface area contributed by atoms with Gasteiger partial charge in [-0.1, -0.05) is 68.3 Å². The number of likely N-dealkylation sites (N-methyl/N-ethyl adjacent to an activating group) is 1. The van der Waals surface area contributed by atoms with E-state index in [1.807, 2.05) is 49.4 Å². The van der Waals surface area contributed by atoms with Gasteiger partial charge in [-0.25, -0.2) is 0 Å². The number of fused-ring (bicyclic) bond motifs is 1. The molecule has 0 aromatic heterocycles. The van der Waals surface area contributed by atoms with Gasteiger partial charge in [-0.2, -0.15) is 0 Å². The lowest BCUT2D eigenvalue weighted by Gasteiger charge is -2.34. The lowest BCUT2D eigenvalue weighted by molar-refractivity contribution is -0.114. The molecule has 4 rings (SSSR count). The molecule has 1 aliphatic heterocycles. The van der Waals surface area contributed by atoms with Crippen molar-refractivity contribution in [2.24, 2.45) is 11.8 Å². The average molecular weight is 435 g/mol. The van der Waals surface area contributed by atoms with E-state index in [1.165, 1.54) is 18.2 Å². The molecule has 0 radical (unpaired) electrons. The van der Waals surface area contributed by atoms with E-state index in [-0.39, 0.29) is 17.9 Å². The Kier molecular flexibility index (Phi) is 6.24. The maximum atomic E-state index is 13.0. The van der Waals surface area contributed by atoms with E-state index in [0.717, 1.165) is 34.6 Å². The van der Waals surface area contributed by atoms with E-state index in [4.69, 9.17) is 0 Å². The molecule has 3 atom stereocenters. The van der Waals surface area contributed by atoms with Crippen molar-refractivity contribution < 1.29 is 9.59 Å². The van der Waals surface area contributed by atoms with Crippen molar-refractivity contribution in [1.29, 1.82) is 0 Å². The Morgan fingerprint density at radius 2 is 1.97 bits per heavy atom. The topological polar surface area (TPSA) is 49.4 Å². The maximum Gasteiger partial charge on any atom is 0.264 e. The van der Waals surface area contributed by atoms with Crippen molar-refractivity contribution in [1.82, 2.24) is 5.32 Å². The van der Waals surface area contributed by atoms with Crippen LogP contribution in [0.15, 0.2) is 52.3 Å². The summed E-state index contributed by atoms with van der Waals surface area (Å²) in [6.07, 6.45) is 5.36. The summed E-state index contributed by atoms with van der Waals surface area (Å²) in [4.78, 5) is 29.2. The third-order valence-corrected chi connectivity index (χ3v) is 7.76. The molecule has 2 amide bonds. The number of carbonyl (C=O) groups is 2. The molecule has 2 aromatic rings. The highest BCUT2D eigenvalue weighted by molar-refractivity contribution is 8.04. The highest BCUT2D eigenvalue weighted by Gasteiger charge is 2.30. The Balaban J connectivity index is 1.55. The number of nitrogens with zero attached hydrogens (tertiary/aromatic N) is 1. The van der Waals surface area contributed by atoms with E-state index in [9.17, 15) is 9.59 Å². The largest absolute Gasteiger partial charge is 0.349 e. The molecule has 3 unspecified atom stereocenters. The number of thioether (sulfide) groups is 1. The van der Waals surface area contributed by atoms with Crippen LogP contribution in [-0.2, 0) is 4.79 Å². The van der Waals surface area contributed by atoms with Crippen molar-refractivity contribution in [3.05, 3.63) is 64.1 Å². The summed E-state index contributed by atoms with van der Waals surface area (Å²) in [5, 5.41) is 3.23. The number of anilines is 1. The maximum absolute atomic E-state index is 13.0. The molecule has 1 heterocycles. The summed E-state index contributed by atoms with van der Waals surface area (Å²) < 4.78 is 0. The standard InChI is InChI=1S/C26H30N2O2S/c1-16-7-5-9-19(13-16)14-24-26(30)28(4)22-15-20(11-12-23(22)31-24)25(29)27-21-10-6-8-17(2)18(21)3/h5,7,9,11-15,17-18,21H,6,8,10H2,1-4H3,(H,27,29). The summed E-state index contributed by atoms with van der Waals surface area (Å²) in [7, 11) is 1.78. The minimum Gasteiger partial charge on any atom is -0.349 e. The fourth-order valence-corrected chi connectivity index (χ4v) is 5.58. The van der Waals surface area contributed by atoms with Crippen LogP contribution in [0.2, 0.25) is 0 Å². The van der Waals surface area contributed by atoms with E-state index < -0.39 is 0 Å². The predicted molar refractivity (Wildman–Crippen MR) is 128 cm³/mol. The van der Waals surface area contributed by atoms with E-state index in [1.54, 1.807) is 11.9 Å². The Labute approximate surface area is 189 Å². The van der Waals surface area contributed by atoms with Crippen molar-refractivity contribution in [3.63, 3.8) is 0 Å². The summed E-state index contributed by atoms with van der Waals surface area (Å²) in [5.74, 6) is 0.998. The van der Waals surface area contributed by atoms with Gasteiger partial charge in [0.05, 0.1) is 10.6 Å². The number of amides is 2. The molecule has 1 fully saturated rings. The van der Waals surface area contributed by atoms with E-state index in [2.05, 4.69) is 25.2 Å². The van der Waals surface area contributed by atoms with Gasteiger partial charge in [0, 0.05) is 23.5 Å². The molecule has 0 bridgehead atoms. The van der Waals surface area contributed by atoms with Crippen LogP contribution in [0.5, 0.6) is 0 Å². The van der Waals surface area contributed by atoms with Crippen LogP contribution in [-0.4, -0.2) is 24.9 Å². The van der Waals surface area contributed by atoms with Gasteiger partial charge in [-0.3, -0.25) is 9.59 Å². The molecule has 162 valence electrons. The first kappa shape index (κ1) is 21.7. The number of hydrogen-bond donors (Lipinski definition) is 1. The summed E-state index contributed by atoms with van der Waals surface area (Å²) in [5.41, 5.74) is 3.57. The molecule has 31 heavy (non-hydrogen) atoms. The fraction of sp³-hybridized carbons (Fsp3) is 0.385. The molecule has 5 heteroatoms. The summed E-state index contributed by atoms with van der Waals surface area (Å²) >= 11 is 1.46. The molecule has 0 spiro atoms. The quantitative estimate of drug-likeness (QED) is 0.634. The molecular weight excluding hydrogens is 404 g/mol. The molecule has 1 aliphatic carbocycles. The first-order chi connectivity index (χ1) is 14.8. The number of nitrogens with one attached hydrogen (secondary N) is 1. The van der Waals surface area contributed by atoms with Crippen LogP contribution in [0.4, 0.5) is 5.69 Å². The third kappa shape index (κ3) is 4.57. The number of carbonyl (C=O) groups excluding carboxylic acids is 2. The lowest BCUT2D eigenvalue weighted by atomic mass is 9.78. The molecule has 1 N–H and O–H groups in total. The Bertz CT molecular complexity index is 1050. The number of benzene rings is 2. The first-order valence-electron chi connectivity index (χ1n) is 11.0. The Hall–Kier alpha value is -2.53. The second-order valence-corrected chi connectivity index (χ2v) is 10.0. The number of rotatable bonds is 3. The lowest BCUT2D eigenvalue weighted by Crippen LogP contribution is -2.43. The second-order valence-electron chi connectivity index (χ2n) is 8.92. The Morgan fingerprint density at radius 3 is 2.74 bits per heavy atom. The zero-order chi connectivity index (χ0) is 22.1. The number of aryl methyl sites for hydroxylation is 1.